The van der Waals surface area contributed by atoms with E-state index in [9.17, 15) is 0 Å². The molecule has 0 saturated carbocycles. The molecule has 0 saturated heterocycles. The average molecular weight is 166 g/mol. The van der Waals surface area contributed by atoms with Gasteiger partial charge in [-0.3, -0.25) is 5.10 Å². The molecule has 1 heterocycles. The Balaban J connectivity index is 0.000000561. The first kappa shape index (κ1) is 11.0. The van der Waals surface area contributed by atoms with Crippen molar-refractivity contribution >= 4 is 6.08 Å². The maximum absolute atomic E-state index is 3.91. The van der Waals surface area contributed by atoms with Crippen LogP contribution >= 0.6 is 0 Å². The fourth-order valence-electron chi connectivity index (χ4n) is 0.817. The molecule has 1 N–H and O–H groups in total. The number of aromatic amines is 1. The van der Waals surface area contributed by atoms with Crippen LogP contribution in [0.15, 0.2) is 11.8 Å². The third kappa shape index (κ3) is 3.37. The Bertz CT molecular complexity index is 242. The first-order valence-corrected chi connectivity index (χ1v) is 4.35. The summed E-state index contributed by atoms with van der Waals surface area (Å²) in [6.45, 7) is 10.2. The lowest BCUT2D eigenvalue weighted by Crippen LogP contribution is -1.74. The van der Waals surface area contributed by atoms with Gasteiger partial charge >= 0.3 is 0 Å². The fraction of sp³-hybridized carbons (Fsp3) is 0.500. The highest BCUT2D eigenvalue weighted by atomic mass is 15.1. The molecule has 0 atom stereocenters. The number of aromatic nitrogens is 2. The van der Waals surface area contributed by atoms with Crippen LogP contribution in [0.25, 0.3) is 6.08 Å². The van der Waals surface area contributed by atoms with Crippen molar-refractivity contribution in [2.45, 2.75) is 34.6 Å². The van der Waals surface area contributed by atoms with Crippen LogP contribution < -0.4 is 0 Å². The molecule has 0 aliphatic heterocycles. The zero-order valence-corrected chi connectivity index (χ0v) is 8.60. The van der Waals surface area contributed by atoms with Crippen molar-refractivity contribution in [3.05, 3.63) is 23.0 Å². The van der Waals surface area contributed by atoms with Crippen molar-refractivity contribution in [2.75, 3.05) is 0 Å². The lowest BCUT2D eigenvalue weighted by molar-refractivity contribution is 1.05. The second-order valence-electron chi connectivity index (χ2n) is 2.67. The van der Waals surface area contributed by atoms with Crippen molar-refractivity contribution < 1.29 is 0 Å². The molecule has 2 heteroatoms. The van der Waals surface area contributed by atoms with Gasteiger partial charge in [-0.25, -0.2) is 0 Å². The van der Waals surface area contributed by atoms with Gasteiger partial charge in [0.15, 0.2) is 0 Å². The van der Waals surface area contributed by atoms with Gasteiger partial charge in [0.05, 0.1) is 6.20 Å². The van der Waals surface area contributed by atoms with E-state index in [1.54, 1.807) is 0 Å². The van der Waals surface area contributed by atoms with Crippen molar-refractivity contribution in [1.82, 2.24) is 10.2 Å². The highest BCUT2D eigenvalue weighted by Gasteiger charge is 1.93. The quantitative estimate of drug-likeness (QED) is 0.682. The lowest BCUT2D eigenvalue weighted by atomic mass is 10.2. The van der Waals surface area contributed by atoms with Crippen molar-refractivity contribution in [1.29, 1.82) is 0 Å². The molecule has 0 aliphatic rings. The number of rotatable bonds is 1. The third-order valence-electron chi connectivity index (χ3n) is 1.31. The van der Waals surface area contributed by atoms with Crippen molar-refractivity contribution in [3.63, 3.8) is 0 Å². The molecule has 1 aromatic rings. The first-order chi connectivity index (χ1) is 5.70. The van der Waals surface area contributed by atoms with E-state index in [0.29, 0.717) is 0 Å². The van der Waals surface area contributed by atoms with E-state index in [-0.39, 0.29) is 0 Å². The number of hydrogen-bond acceptors (Lipinski definition) is 1. The predicted octanol–water partition coefficient (Wildman–Crippen LogP) is 3.17. The van der Waals surface area contributed by atoms with Gasteiger partial charge in [0.1, 0.15) is 0 Å². The highest BCUT2D eigenvalue weighted by molar-refractivity contribution is 5.52. The summed E-state index contributed by atoms with van der Waals surface area (Å²) in [5.41, 5.74) is 3.60. The van der Waals surface area contributed by atoms with Crippen molar-refractivity contribution in [3.8, 4) is 0 Å². The predicted molar refractivity (Wildman–Crippen MR) is 54.0 cm³/mol. The number of aryl methyl sites for hydroxylation is 1. The number of hydrogen-bond donors (Lipinski definition) is 1. The lowest BCUT2D eigenvalue weighted by Gasteiger charge is -1.89. The van der Waals surface area contributed by atoms with E-state index in [0.717, 1.165) is 5.69 Å². The van der Waals surface area contributed by atoms with Gasteiger partial charge in [0, 0.05) is 11.3 Å². The molecule has 1 rings (SSSR count). The molecule has 0 spiro atoms. The SMILES string of the molecule is CC.CC(C)=Cc1cn[nH]c1C. The van der Waals surface area contributed by atoms with Gasteiger partial charge in [-0.1, -0.05) is 25.5 Å². The maximum atomic E-state index is 3.91. The summed E-state index contributed by atoms with van der Waals surface area (Å²) in [6, 6.07) is 0. The maximum Gasteiger partial charge on any atom is 0.0562 e. The molecule has 1 aromatic heterocycles. The van der Waals surface area contributed by atoms with E-state index >= 15 is 0 Å². The molecule has 0 fully saturated rings. The second-order valence-corrected chi connectivity index (χ2v) is 2.67. The van der Waals surface area contributed by atoms with E-state index in [1.807, 2.05) is 27.0 Å². The summed E-state index contributed by atoms with van der Waals surface area (Å²) in [5.74, 6) is 0. The third-order valence-corrected chi connectivity index (χ3v) is 1.31. The summed E-state index contributed by atoms with van der Waals surface area (Å²) in [7, 11) is 0. The molecule has 68 valence electrons. The van der Waals surface area contributed by atoms with Crippen LogP contribution in [0, 0.1) is 6.92 Å². The molecule has 0 amide bonds. The first-order valence-electron chi connectivity index (χ1n) is 4.35. The van der Waals surface area contributed by atoms with E-state index in [1.165, 1.54) is 11.1 Å². The zero-order valence-electron chi connectivity index (χ0n) is 8.60. The number of H-pyrrole nitrogens is 1. The van der Waals surface area contributed by atoms with Gasteiger partial charge in [0.25, 0.3) is 0 Å². The zero-order chi connectivity index (χ0) is 9.56. The van der Waals surface area contributed by atoms with Gasteiger partial charge < -0.3 is 0 Å². The molecular weight excluding hydrogens is 148 g/mol. The molecular formula is C10H18N2. The van der Waals surface area contributed by atoms with Gasteiger partial charge in [-0.2, -0.15) is 5.10 Å². The molecule has 0 bridgehead atoms. The second kappa shape index (κ2) is 5.58. The normalized spacial score (nSPS) is 8.42. The largest absolute Gasteiger partial charge is 0.282 e. The monoisotopic (exact) mass is 166 g/mol. The van der Waals surface area contributed by atoms with E-state index in [4.69, 9.17) is 0 Å². The summed E-state index contributed by atoms with van der Waals surface area (Å²) in [6.07, 6.45) is 3.95. The number of nitrogens with one attached hydrogen (secondary N) is 1. The van der Waals surface area contributed by atoms with Crippen LogP contribution in [0.1, 0.15) is 39.0 Å². The summed E-state index contributed by atoms with van der Waals surface area (Å²) in [5, 5.41) is 6.78. The number of allylic oxidation sites excluding steroid dienone is 1. The standard InChI is InChI=1S/C8H12N2.C2H6/c1-6(2)4-8-5-9-10-7(8)3;1-2/h4-5H,1-3H3,(H,9,10);1-2H3. The average Bonchev–Trinajstić information content (AvgIpc) is 2.40. The van der Waals surface area contributed by atoms with Crippen LogP contribution in [0.4, 0.5) is 0 Å². The molecule has 2 nitrogen and oxygen atoms in total. The Hall–Kier alpha value is -1.05. The highest BCUT2D eigenvalue weighted by Crippen LogP contribution is 2.07. The summed E-state index contributed by atoms with van der Waals surface area (Å²) in [4.78, 5) is 0. The van der Waals surface area contributed by atoms with Gasteiger partial charge in [-0.15, -0.1) is 0 Å². The van der Waals surface area contributed by atoms with Crippen molar-refractivity contribution in [2.24, 2.45) is 0 Å². The Labute approximate surface area is 74.7 Å². The Kier molecular flexibility index (Phi) is 5.09. The minimum atomic E-state index is 1.13. The Morgan fingerprint density at radius 3 is 2.33 bits per heavy atom. The van der Waals surface area contributed by atoms with Gasteiger partial charge in [0.2, 0.25) is 0 Å². The topological polar surface area (TPSA) is 28.7 Å². The number of nitrogens with zero attached hydrogens (tertiary/aromatic N) is 1. The van der Waals surface area contributed by atoms with Crippen LogP contribution in [-0.4, -0.2) is 10.2 Å². The van der Waals surface area contributed by atoms with Gasteiger partial charge in [-0.05, 0) is 20.8 Å². The minimum absolute atomic E-state index is 1.13. The smallest absolute Gasteiger partial charge is 0.0562 e. The Morgan fingerprint density at radius 2 is 2.00 bits per heavy atom. The van der Waals surface area contributed by atoms with Crippen LogP contribution in [0.3, 0.4) is 0 Å². The summed E-state index contributed by atoms with van der Waals surface area (Å²) >= 11 is 0. The fourth-order valence-corrected chi connectivity index (χ4v) is 0.817. The molecule has 0 radical (unpaired) electrons. The minimum Gasteiger partial charge on any atom is -0.282 e. The summed E-state index contributed by atoms with van der Waals surface area (Å²) < 4.78 is 0. The molecule has 12 heavy (non-hydrogen) atoms. The Morgan fingerprint density at radius 1 is 1.42 bits per heavy atom. The van der Waals surface area contributed by atoms with Crippen LogP contribution in [0.2, 0.25) is 0 Å². The molecule has 0 aliphatic carbocycles. The van der Waals surface area contributed by atoms with Crippen LogP contribution in [-0.2, 0) is 0 Å². The molecule has 0 aromatic carbocycles. The van der Waals surface area contributed by atoms with Crippen LogP contribution in [0.5, 0.6) is 0 Å². The molecule has 0 unspecified atom stereocenters. The van der Waals surface area contributed by atoms with E-state index < -0.39 is 0 Å². The van der Waals surface area contributed by atoms with E-state index in [2.05, 4.69) is 30.1 Å².